The van der Waals surface area contributed by atoms with Crippen LogP contribution in [-0.2, 0) is 20.9 Å². The van der Waals surface area contributed by atoms with Crippen LogP contribution in [0.4, 0.5) is 4.79 Å². The predicted molar refractivity (Wildman–Crippen MR) is 127 cm³/mol. The third kappa shape index (κ3) is 5.47. The Hall–Kier alpha value is -4.64. The van der Waals surface area contributed by atoms with Gasteiger partial charge in [-0.1, -0.05) is 60.7 Å². The van der Waals surface area contributed by atoms with Gasteiger partial charge < -0.3 is 20.5 Å². The van der Waals surface area contributed by atoms with E-state index in [0.717, 1.165) is 27.8 Å². The molecule has 0 radical (unpaired) electrons. The second-order valence-corrected chi connectivity index (χ2v) is 8.15. The molecule has 0 heterocycles. The highest BCUT2D eigenvalue weighted by atomic mass is 16.5. The summed E-state index contributed by atoms with van der Waals surface area (Å²) in [6.45, 7) is 0.166. The minimum absolute atomic E-state index is 0.0481. The lowest BCUT2D eigenvalue weighted by molar-refractivity contribution is -0.139. The van der Waals surface area contributed by atoms with Crippen molar-refractivity contribution in [2.45, 2.75) is 24.9 Å². The van der Waals surface area contributed by atoms with Crippen molar-refractivity contribution in [1.29, 1.82) is 5.26 Å². The van der Waals surface area contributed by atoms with Crippen molar-refractivity contribution in [3.05, 3.63) is 95.1 Å². The number of aliphatic carboxylic acids is 1. The Morgan fingerprint density at radius 2 is 1.54 bits per heavy atom. The quantitative estimate of drug-likeness (QED) is 0.463. The number of hydrogen-bond acceptors (Lipinski definition) is 5. The summed E-state index contributed by atoms with van der Waals surface area (Å²) in [4.78, 5) is 36.4. The van der Waals surface area contributed by atoms with Gasteiger partial charge >= 0.3 is 12.1 Å². The van der Waals surface area contributed by atoms with Crippen molar-refractivity contribution in [1.82, 2.24) is 10.6 Å². The van der Waals surface area contributed by atoms with Gasteiger partial charge in [-0.3, -0.25) is 9.59 Å². The number of alkyl carbamates (subject to hydrolysis) is 1. The Balaban J connectivity index is 1.37. The lowest BCUT2D eigenvalue weighted by Crippen LogP contribution is -2.48. The van der Waals surface area contributed by atoms with Gasteiger partial charge in [-0.05, 0) is 39.9 Å². The number of hydrogen-bond donors (Lipinski definition) is 3. The molecule has 0 saturated carbocycles. The summed E-state index contributed by atoms with van der Waals surface area (Å²) >= 11 is 0. The number of carbonyl (C=O) groups is 3. The molecule has 0 bridgehead atoms. The maximum Gasteiger partial charge on any atom is 0.407 e. The topological polar surface area (TPSA) is 129 Å². The van der Waals surface area contributed by atoms with E-state index in [1.807, 2.05) is 54.6 Å². The molecule has 1 atom stereocenters. The number of benzene rings is 3. The van der Waals surface area contributed by atoms with Crippen LogP contribution in [0.25, 0.3) is 11.1 Å². The molecule has 4 rings (SSSR count). The number of nitrogens with zero attached hydrogens (tertiary/aromatic N) is 1. The molecule has 3 aromatic carbocycles. The highest BCUT2D eigenvalue weighted by molar-refractivity contribution is 5.89. The van der Waals surface area contributed by atoms with Gasteiger partial charge in [0, 0.05) is 12.5 Å². The number of amides is 2. The van der Waals surface area contributed by atoms with E-state index >= 15 is 0 Å². The normalized spacial score (nSPS) is 12.5. The van der Waals surface area contributed by atoms with Crippen LogP contribution in [0.2, 0.25) is 0 Å². The smallest absolute Gasteiger partial charge is 0.407 e. The minimum atomic E-state index is -1.30. The summed E-state index contributed by atoms with van der Waals surface area (Å²) in [6, 6.07) is 23.1. The number of nitriles is 1. The van der Waals surface area contributed by atoms with Crippen molar-refractivity contribution in [2.24, 2.45) is 0 Å². The van der Waals surface area contributed by atoms with Gasteiger partial charge in [0.1, 0.15) is 12.6 Å². The van der Waals surface area contributed by atoms with E-state index in [9.17, 15) is 19.5 Å². The number of ether oxygens (including phenoxy) is 1. The molecule has 0 saturated heterocycles. The zero-order valence-corrected chi connectivity index (χ0v) is 18.7. The van der Waals surface area contributed by atoms with Crippen LogP contribution in [0.15, 0.2) is 72.8 Å². The molecule has 35 heavy (non-hydrogen) atoms. The Kier molecular flexibility index (Phi) is 7.07. The first-order valence-electron chi connectivity index (χ1n) is 11.1. The highest BCUT2D eigenvalue weighted by Gasteiger charge is 2.30. The Labute approximate surface area is 202 Å². The second kappa shape index (κ2) is 10.5. The third-order valence-electron chi connectivity index (χ3n) is 5.88. The second-order valence-electron chi connectivity index (χ2n) is 8.15. The van der Waals surface area contributed by atoms with E-state index in [1.165, 1.54) is 0 Å². The fourth-order valence-electron chi connectivity index (χ4n) is 4.18. The van der Waals surface area contributed by atoms with Crippen LogP contribution >= 0.6 is 0 Å². The molecule has 3 aromatic rings. The highest BCUT2D eigenvalue weighted by Crippen LogP contribution is 2.44. The third-order valence-corrected chi connectivity index (χ3v) is 5.88. The van der Waals surface area contributed by atoms with Crippen molar-refractivity contribution in [2.75, 3.05) is 6.61 Å². The SMILES string of the molecule is N#Cc1ccc(CNC(=O)C(CC(=O)O)NC(=O)OCC2c3ccccc3-c3ccccc32)cc1. The molecule has 0 fully saturated rings. The molecular formula is C27H23N3O5. The van der Waals surface area contributed by atoms with Gasteiger partial charge in [0.05, 0.1) is 18.1 Å². The van der Waals surface area contributed by atoms with Crippen LogP contribution in [-0.4, -0.2) is 35.7 Å². The molecule has 0 spiro atoms. The van der Waals surface area contributed by atoms with E-state index in [-0.39, 0.29) is 19.1 Å². The van der Waals surface area contributed by atoms with Crippen LogP contribution in [0.1, 0.15) is 34.6 Å². The summed E-state index contributed by atoms with van der Waals surface area (Å²) < 4.78 is 5.44. The first-order valence-corrected chi connectivity index (χ1v) is 11.1. The summed E-state index contributed by atoms with van der Waals surface area (Å²) in [6.07, 6.45) is -1.46. The Morgan fingerprint density at radius 3 is 2.11 bits per heavy atom. The van der Waals surface area contributed by atoms with E-state index in [2.05, 4.69) is 10.6 Å². The molecule has 8 nitrogen and oxygen atoms in total. The number of carboxylic acid groups (broad SMARTS) is 1. The van der Waals surface area contributed by atoms with Gasteiger partial charge in [-0.2, -0.15) is 5.26 Å². The average Bonchev–Trinajstić information content (AvgIpc) is 3.19. The van der Waals surface area contributed by atoms with Gasteiger partial charge in [0.25, 0.3) is 0 Å². The van der Waals surface area contributed by atoms with E-state index in [0.29, 0.717) is 5.56 Å². The summed E-state index contributed by atoms with van der Waals surface area (Å²) in [5.74, 6) is -2.04. The minimum Gasteiger partial charge on any atom is -0.481 e. The standard InChI is InChI=1S/C27H23N3O5/c28-14-17-9-11-18(12-10-17)15-29-26(33)24(13-25(31)32)30-27(34)35-16-23-21-7-3-1-5-19(21)20-6-2-4-8-22(20)23/h1-12,23-24H,13,15-16H2,(H,29,33)(H,30,34)(H,31,32). The van der Waals surface area contributed by atoms with E-state index in [1.54, 1.807) is 24.3 Å². The largest absolute Gasteiger partial charge is 0.481 e. The van der Waals surface area contributed by atoms with Gasteiger partial charge in [0.15, 0.2) is 0 Å². The Bertz CT molecular complexity index is 1250. The number of carbonyl (C=O) groups excluding carboxylic acids is 2. The Morgan fingerprint density at radius 1 is 0.943 bits per heavy atom. The molecule has 8 heteroatoms. The van der Waals surface area contributed by atoms with Gasteiger partial charge in [0.2, 0.25) is 5.91 Å². The number of nitrogens with one attached hydrogen (secondary N) is 2. The van der Waals surface area contributed by atoms with Crippen LogP contribution in [0, 0.1) is 11.3 Å². The van der Waals surface area contributed by atoms with Crippen LogP contribution in [0.5, 0.6) is 0 Å². The maximum atomic E-state index is 12.6. The lowest BCUT2D eigenvalue weighted by Gasteiger charge is -2.19. The van der Waals surface area contributed by atoms with E-state index < -0.39 is 30.4 Å². The molecule has 1 unspecified atom stereocenters. The van der Waals surface area contributed by atoms with Crippen molar-refractivity contribution in [3.8, 4) is 17.2 Å². The molecule has 0 aliphatic heterocycles. The van der Waals surface area contributed by atoms with Gasteiger partial charge in [-0.15, -0.1) is 0 Å². The molecule has 2 amide bonds. The summed E-state index contributed by atoms with van der Waals surface area (Å²) in [5.41, 5.74) is 5.48. The van der Waals surface area contributed by atoms with Gasteiger partial charge in [-0.25, -0.2) is 4.79 Å². The van der Waals surface area contributed by atoms with E-state index in [4.69, 9.17) is 10.00 Å². The van der Waals surface area contributed by atoms with Crippen molar-refractivity contribution in [3.63, 3.8) is 0 Å². The molecule has 0 aromatic heterocycles. The summed E-state index contributed by atoms with van der Waals surface area (Å²) in [7, 11) is 0. The van der Waals surface area contributed by atoms with Crippen LogP contribution in [0.3, 0.4) is 0 Å². The molecular weight excluding hydrogens is 446 g/mol. The zero-order valence-electron chi connectivity index (χ0n) is 18.7. The number of carboxylic acids is 1. The fraction of sp³-hybridized carbons (Fsp3) is 0.185. The zero-order chi connectivity index (χ0) is 24.8. The first kappa shape index (κ1) is 23.5. The van der Waals surface area contributed by atoms with Crippen molar-refractivity contribution >= 4 is 18.0 Å². The summed E-state index contributed by atoms with van der Waals surface area (Å²) in [5, 5.41) is 23.1. The average molecular weight is 469 g/mol. The van der Waals surface area contributed by atoms with Crippen molar-refractivity contribution < 1.29 is 24.2 Å². The monoisotopic (exact) mass is 469 g/mol. The molecule has 3 N–H and O–H groups in total. The number of rotatable bonds is 8. The fourth-order valence-corrected chi connectivity index (χ4v) is 4.18. The molecule has 1 aliphatic carbocycles. The first-order chi connectivity index (χ1) is 17.0. The van der Waals surface area contributed by atoms with Crippen LogP contribution < -0.4 is 10.6 Å². The number of fused-ring (bicyclic) bond motifs is 3. The molecule has 176 valence electrons. The maximum absolute atomic E-state index is 12.6. The predicted octanol–water partition coefficient (Wildman–Crippen LogP) is 3.56. The lowest BCUT2D eigenvalue weighted by atomic mass is 9.98. The molecule has 1 aliphatic rings.